The molecule has 0 aliphatic rings. The van der Waals surface area contributed by atoms with Gasteiger partial charge in [0.2, 0.25) is 0 Å². The molecule has 0 atom stereocenters. The standard InChI is InChI=1S/C17H13BrClNO/c18-12-8-7-11(15(19)9-12)10-20-16-5-1-4-14-13(16)3-2-6-17(14)21/h1-9,20-21H,10H2. The molecule has 0 aliphatic carbocycles. The van der Waals surface area contributed by atoms with E-state index in [0.717, 1.165) is 31.5 Å². The summed E-state index contributed by atoms with van der Waals surface area (Å²) in [7, 11) is 0. The number of halogens is 2. The van der Waals surface area contributed by atoms with Crippen molar-refractivity contribution in [1.82, 2.24) is 0 Å². The van der Waals surface area contributed by atoms with E-state index in [9.17, 15) is 5.11 Å². The maximum absolute atomic E-state index is 9.90. The molecule has 0 saturated heterocycles. The molecular weight excluding hydrogens is 350 g/mol. The molecule has 0 aromatic heterocycles. The second-order valence-corrected chi connectivity index (χ2v) is 6.09. The summed E-state index contributed by atoms with van der Waals surface area (Å²) in [5.74, 6) is 0.290. The van der Waals surface area contributed by atoms with Gasteiger partial charge in [-0.2, -0.15) is 0 Å². The van der Waals surface area contributed by atoms with Crippen molar-refractivity contribution >= 4 is 44.0 Å². The molecule has 0 radical (unpaired) electrons. The predicted octanol–water partition coefficient (Wildman–Crippen LogP) is 5.57. The molecule has 2 N–H and O–H groups in total. The van der Waals surface area contributed by atoms with Crippen LogP contribution < -0.4 is 5.32 Å². The summed E-state index contributed by atoms with van der Waals surface area (Å²) in [6.07, 6.45) is 0. The van der Waals surface area contributed by atoms with Crippen LogP contribution in [0.3, 0.4) is 0 Å². The molecule has 0 aliphatic heterocycles. The van der Waals surface area contributed by atoms with Crippen LogP contribution in [0.15, 0.2) is 59.1 Å². The minimum atomic E-state index is 0.290. The van der Waals surface area contributed by atoms with Gasteiger partial charge in [-0.15, -0.1) is 0 Å². The maximum Gasteiger partial charge on any atom is 0.123 e. The van der Waals surface area contributed by atoms with E-state index < -0.39 is 0 Å². The number of anilines is 1. The molecule has 3 aromatic rings. The zero-order valence-electron chi connectivity index (χ0n) is 11.1. The van der Waals surface area contributed by atoms with E-state index in [1.165, 1.54) is 0 Å². The highest BCUT2D eigenvalue weighted by molar-refractivity contribution is 9.10. The Balaban J connectivity index is 1.90. The third kappa shape index (κ3) is 2.99. The highest BCUT2D eigenvalue weighted by Crippen LogP contribution is 2.30. The number of aromatic hydroxyl groups is 1. The first kappa shape index (κ1) is 14.2. The van der Waals surface area contributed by atoms with Gasteiger partial charge in [0.1, 0.15) is 5.75 Å². The van der Waals surface area contributed by atoms with Gasteiger partial charge in [-0.25, -0.2) is 0 Å². The third-order valence-electron chi connectivity index (χ3n) is 3.38. The average Bonchev–Trinajstić information content (AvgIpc) is 2.47. The molecule has 0 heterocycles. The van der Waals surface area contributed by atoms with Gasteiger partial charge in [-0.1, -0.05) is 57.9 Å². The Morgan fingerprint density at radius 2 is 1.76 bits per heavy atom. The van der Waals surface area contributed by atoms with Crippen molar-refractivity contribution in [2.45, 2.75) is 6.54 Å². The van der Waals surface area contributed by atoms with Crippen molar-refractivity contribution in [3.05, 3.63) is 69.7 Å². The molecule has 0 bridgehead atoms. The summed E-state index contributed by atoms with van der Waals surface area (Å²) in [5, 5.41) is 15.8. The van der Waals surface area contributed by atoms with E-state index in [2.05, 4.69) is 21.2 Å². The zero-order valence-corrected chi connectivity index (χ0v) is 13.4. The van der Waals surface area contributed by atoms with Crippen molar-refractivity contribution in [2.24, 2.45) is 0 Å². The van der Waals surface area contributed by atoms with Crippen molar-refractivity contribution < 1.29 is 5.11 Å². The van der Waals surface area contributed by atoms with Crippen LogP contribution in [0.2, 0.25) is 5.02 Å². The Morgan fingerprint density at radius 1 is 1.00 bits per heavy atom. The first-order valence-corrected chi connectivity index (χ1v) is 7.71. The molecule has 4 heteroatoms. The van der Waals surface area contributed by atoms with E-state index in [1.54, 1.807) is 6.07 Å². The van der Waals surface area contributed by atoms with Crippen LogP contribution in [0.4, 0.5) is 5.69 Å². The van der Waals surface area contributed by atoms with E-state index in [4.69, 9.17) is 11.6 Å². The van der Waals surface area contributed by atoms with E-state index in [1.807, 2.05) is 48.5 Å². The van der Waals surface area contributed by atoms with Crippen molar-refractivity contribution in [1.29, 1.82) is 0 Å². The number of hydrogen-bond acceptors (Lipinski definition) is 2. The zero-order chi connectivity index (χ0) is 14.8. The van der Waals surface area contributed by atoms with Crippen LogP contribution in [0, 0.1) is 0 Å². The van der Waals surface area contributed by atoms with Gasteiger partial charge in [0.25, 0.3) is 0 Å². The fourth-order valence-electron chi connectivity index (χ4n) is 2.30. The minimum Gasteiger partial charge on any atom is -0.507 e. The Hall–Kier alpha value is -1.71. The minimum absolute atomic E-state index is 0.290. The summed E-state index contributed by atoms with van der Waals surface area (Å²) >= 11 is 9.63. The van der Waals surface area contributed by atoms with E-state index in [-0.39, 0.29) is 5.75 Å². The van der Waals surface area contributed by atoms with Gasteiger partial charge < -0.3 is 10.4 Å². The molecule has 2 nitrogen and oxygen atoms in total. The molecule has 0 unspecified atom stereocenters. The number of phenolic OH excluding ortho intramolecular Hbond substituents is 1. The summed E-state index contributed by atoms with van der Waals surface area (Å²) in [5.41, 5.74) is 2.00. The number of fused-ring (bicyclic) bond motifs is 1. The van der Waals surface area contributed by atoms with E-state index in [0.29, 0.717) is 6.54 Å². The monoisotopic (exact) mass is 361 g/mol. The molecule has 0 saturated carbocycles. The summed E-state index contributed by atoms with van der Waals surface area (Å²) < 4.78 is 0.964. The van der Waals surface area contributed by atoms with Gasteiger partial charge in [0.15, 0.2) is 0 Å². The first-order chi connectivity index (χ1) is 10.1. The van der Waals surface area contributed by atoms with Gasteiger partial charge >= 0.3 is 0 Å². The molecular formula is C17H13BrClNO. The second kappa shape index (κ2) is 5.96. The summed E-state index contributed by atoms with van der Waals surface area (Å²) in [6.45, 7) is 0.626. The second-order valence-electron chi connectivity index (χ2n) is 4.77. The van der Waals surface area contributed by atoms with Crippen molar-refractivity contribution in [2.75, 3.05) is 5.32 Å². The van der Waals surface area contributed by atoms with Gasteiger partial charge in [0.05, 0.1) is 0 Å². The van der Waals surface area contributed by atoms with Crippen LogP contribution in [-0.2, 0) is 6.54 Å². The lowest BCUT2D eigenvalue weighted by Gasteiger charge is -2.11. The number of hydrogen-bond donors (Lipinski definition) is 2. The van der Waals surface area contributed by atoms with Crippen molar-refractivity contribution in [3.8, 4) is 5.75 Å². The Kier molecular flexibility index (Phi) is 4.04. The Labute approximate surface area is 136 Å². The lowest BCUT2D eigenvalue weighted by atomic mass is 10.1. The highest BCUT2D eigenvalue weighted by atomic mass is 79.9. The van der Waals surface area contributed by atoms with E-state index >= 15 is 0 Å². The van der Waals surface area contributed by atoms with Gasteiger partial charge in [0, 0.05) is 32.5 Å². The normalized spacial score (nSPS) is 10.8. The number of nitrogens with one attached hydrogen (secondary N) is 1. The van der Waals surface area contributed by atoms with Crippen LogP contribution in [-0.4, -0.2) is 5.11 Å². The Morgan fingerprint density at radius 3 is 2.57 bits per heavy atom. The molecule has 3 aromatic carbocycles. The molecule has 21 heavy (non-hydrogen) atoms. The topological polar surface area (TPSA) is 32.3 Å². The third-order valence-corrected chi connectivity index (χ3v) is 4.23. The van der Waals surface area contributed by atoms with Crippen LogP contribution >= 0.6 is 27.5 Å². The smallest absolute Gasteiger partial charge is 0.123 e. The lowest BCUT2D eigenvalue weighted by molar-refractivity contribution is 0.481. The Bertz CT molecular complexity index is 804. The van der Waals surface area contributed by atoms with Gasteiger partial charge in [-0.3, -0.25) is 0 Å². The molecule has 0 fully saturated rings. The summed E-state index contributed by atoms with van der Waals surface area (Å²) in [4.78, 5) is 0. The SMILES string of the molecule is Oc1cccc2c(NCc3ccc(Br)cc3Cl)cccc12. The highest BCUT2D eigenvalue weighted by Gasteiger charge is 2.05. The molecule has 0 spiro atoms. The van der Waals surface area contributed by atoms with Crippen LogP contribution in [0.1, 0.15) is 5.56 Å². The average molecular weight is 363 g/mol. The van der Waals surface area contributed by atoms with Crippen LogP contribution in [0.5, 0.6) is 5.75 Å². The molecule has 106 valence electrons. The van der Waals surface area contributed by atoms with Crippen molar-refractivity contribution in [3.63, 3.8) is 0 Å². The first-order valence-electron chi connectivity index (χ1n) is 6.53. The molecule has 3 rings (SSSR count). The number of phenols is 1. The fraction of sp³-hybridized carbons (Fsp3) is 0.0588. The van der Waals surface area contributed by atoms with Crippen LogP contribution in [0.25, 0.3) is 10.8 Å². The number of rotatable bonds is 3. The number of benzene rings is 3. The predicted molar refractivity (Wildman–Crippen MR) is 92.1 cm³/mol. The molecule has 0 amide bonds. The van der Waals surface area contributed by atoms with Gasteiger partial charge in [-0.05, 0) is 29.8 Å². The lowest BCUT2D eigenvalue weighted by Crippen LogP contribution is -2.00. The summed E-state index contributed by atoms with van der Waals surface area (Å²) in [6, 6.07) is 17.2. The fourth-order valence-corrected chi connectivity index (χ4v) is 3.04. The largest absolute Gasteiger partial charge is 0.507 e. The maximum atomic E-state index is 9.90. The quantitative estimate of drug-likeness (QED) is 0.638.